The molecule has 2 unspecified atom stereocenters. The van der Waals surface area contributed by atoms with Crippen LogP contribution in [0, 0.1) is 5.92 Å². The average Bonchev–Trinajstić information content (AvgIpc) is 3.20. The molecule has 0 spiro atoms. The number of rotatable bonds is 6. The third-order valence-electron chi connectivity index (χ3n) is 7.61. The zero-order valence-electron chi connectivity index (χ0n) is 19.4. The Kier molecular flexibility index (Phi) is 7.13. The second kappa shape index (κ2) is 10.0. The highest BCUT2D eigenvalue weighted by Gasteiger charge is 2.36. The normalized spacial score (nSPS) is 29.0. The molecule has 0 aliphatic heterocycles. The second-order valence-electron chi connectivity index (χ2n) is 9.67. The third-order valence-corrected chi connectivity index (χ3v) is 7.61. The van der Waals surface area contributed by atoms with Crippen LogP contribution >= 0.6 is 0 Å². The third kappa shape index (κ3) is 5.04. The fourth-order valence-corrected chi connectivity index (χ4v) is 5.78. The van der Waals surface area contributed by atoms with E-state index in [0.717, 1.165) is 29.4 Å². The predicted molar refractivity (Wildman–Crippen MR) is 130 cm³/mol. The van der Waals surface area contributed by atoms with E-state index in [1.54, 1.807) is 6.20 Å². The molecule has 0 saturated heterocycles. The number of H-pyrrole nitrogens is 1. The van der Waals surface area contributed by atoms with Crippen LogP contribution in [0.25, 0.3) is 11.0 Å². The van der Waals surface area contributed by atoms with Crippen molar-refractivity contribution in [2.45, 2.75) is 76.5 Å². The molecule has 5 nitrogen and oxygen atoms in total. The summed E-state index contributed by atoms with van der Waals surface area (Å²) in [6, 6.07) is 10.3. The summed E-state index contributed by atoms with van der Waals surface area (Å²) >= 11 is 0. The lowest BCUT2D eigenvalue weighted by molar-refractivity contribution is 0.0432. The first-order valence-corrected chi connectivity index (χ1v) is 12.0. The Hall–Kier alpha value is -2.11. The first-order chi connectivity index (χ1) is 15.1. The van der Waals surface area contributed by atoms with Gasteiger partial charge in [0.25, 0.3) is 0 Å². The van der Waals surface area contributed by atoms with Crippen LogP contribution < -0.4 is 5.73 Å². The molecule has 5 heteroatoms. The van der Waals surface area contributed by atoms with Crippen LogP contribution in [0.3, 0.4) is 0 Å². The van der Waals surface area contributed by atoms with E-state index in [1.807, 2.05) is 6.08 Å². The first kappa shape index (κ1) is 22.1. The van der Waals surface area contributed by atoms with Crippen molar-refractivity contribution in [1.82, 2.24) is 19.8 Å². The molecule has 2 aliphatic rings. The Bertz CT molecular complexity index is 870. The number of allylic oxidation sites excluding steroid dienone is 2. The highest BCUT2D eigenvalue weighted by Crippen LogP contribution is 2.37. The number of nitrogens with two attached hydrogens (primary N) is 1. The van der Waals surface area contributed by atoms with Gasteiger partial charge in [-0.05, 0) is 89.4 Å². The fraction of sp³-hybridized carbons (Fsp3) is 0.577. The molecule has 0 amide bonds. The molecular weight excluding hydrogens is 382 g/mol. The number of hydrogen-bond donors (Lipinski definition) is 2. The number of aromatic amines is 1. The molecule has 1 aromatic heterocycles. The molecule has 168 valence electrons. The minimum atomic E-state index is 0.543. The molecule has 2 aromatic rings. The number of benzene rings is 1. The largest absolute Gasteiger partial charge is 0.405 e. The molecule has 2 saturated carbocycles. The summed E-state index contributed by atoms with van der Waals surface area (Å²) < 4.78 is 0. The number of para-hydroxylation sites is 2. The summed E-state index contributed by atoms with van der Waals surface area (Å²) in [4.78, 5) is 13.7. The maximum atomic E-state index is 5.63. The lowest BCUT2D eigenvalue weighted by Crippen LogP contribution is -2.50. The molecular formula is C26H39N5. The zero-order valence-corrected chi connectivity index (χ0v) is 19.4. The Morgan fingerprint density at radius 1 is 1.10 bits per heavy atom. The van der Waals surface area contributed by atoms with E-state index in [9.17, 15) is 0 Å². The van der Waals surface area contributed by atoms with Crippen LogP contribution in [0.2, 0.25) is 0 Å². The highest BCUT2D eigenvalue weighted by atomic mass is 15.2. The van der Waals surface area contributed by atoms with Crippen LogP contribution in [0.15, 0.2) is 48.2 Å². The number of nitrogens with zero attached hydrogens (tertiary/aromatic N) is 3. The van der Waals surface area contributed by atoms with E-state index in [0.29, 0.717) is 18.0 Å². The first-order valence-electron chi connectivity index (χ1n) is 12.0. The van der Waals surface area contributed by atoms with Crippen molar-refractivity contribution < 1.29 is 0 Å². The monoisotopic (exact) mass is 421 g/mol. The van der Waals surface area contributed by atoms with E-state index < -0.39 is 0 Å². The van der Waals surface area contributed by atoms with Crippen LogP contribution in [0.1, 0.15) is 57.7 Å². The molecule has 2 atom stereocenters. The second-order valence-corrected chi connectivity index (χ2v) is 9.67. The van der Waals surface area contributed by atoms with Gasteiger partial charge < -0.3 is 15.6 Å². The lowest BCUT2D eigenvalue weighted by atomic mass is 9.78. The predicted octanol–water partition coefficient (Wildman–Crippen LogP) is 4.83. The van der Waals surface area contributed by atoms with Gasteiger partial charge in [-0.1, -0.05) is 30.7 Å². The van der Waals surface area contributed by atoms with Gasteiger partial charge in [0.05, 0.1) is 17.6 Å². The summed E-state index contributed by atoms with van der Waals surface area (Å²) in [6.07, 6.45) is 14.7. The van der Waals surface area contributed by atoms with Crippen LogP contribution in [-0.4, -0.2) is 52.0 Å². The quantitative estimate of drug-likeness (QED) is 0.702. The highest BCUT2D eigenvalue weighted by molar-refractivity contribution is 5.74. The molecule has 1 heterocycles. The maximum Gasteiger partial charge on any atom is 0.121 e. The zero-order chi connectivity index (χ0) is 21.8. The Balaban J connectivity index is 1.59. The van der Waals surface area contributed by atoms with Gasteiger partial charge in [0.2, 0.25) is 0 Å². The molecule has 2 fully saturated rings. The van der Waals surface area contributed by atoms with E-state index in [-0.39, 0.29) is 0 Å². The number of hydrogen-bond acceptors (Lipinski definition) is 4. The summed E-state index contributed by atoms with van der Waals surface area (Å²) in [5.74, 6) is 1.64. The van der Waals surface area contributed by atoms with Gasteiger partial charge in [0.1, 0.15) is 5.82 Å². The van der Waals surface area contributed by atoms with Crippen molar-refractivity contribution in [3.63, 3.8) is 0 Å². The van der Waals surface area contributed by atoms with Crippen LogP contribution in [0.4, 0.5) is 0 Å². The van der Waals surface area contributed by atoms with Crippen LogP contribution in [0.5, 0.6) is 0 Å². The molecule has 3 N–H and O–H groups in total. The van der Waals surface area contributed by atoms with Gasteiger partial charge in [-0.3, -0.25) is 4.90 Å². The maximum absolute atomic E-state index is 5.63. The Labute approximate surface area is 187 Å². The van der Waals surface area contributed by atoms with E-state index in [4.69, 9.17) is 10.7 Å². The van der Waals surface area contributed by atoms with Crippen LogP contribution in [-0.2, 0) is 6.54 Å². The number of imidazole rings is 1. The molecule has 0 radical (unpaired) electrons. The lowest BCUT2D eigenvalue weighted by Gasteiger charge is -2.46. The molecule has 4 rings (SSSR count). The van der Waals surface area contributed by atoms with E-state index in [2.05, 4.69) is 66.1 Å². The van der Waals surface area contributed by atoms with Gasteiger partial charge in [-0.2, -0.15) is 0 Å². The SMILES string of the molecule is CC1/C(=C\C=C/N)CCCC1N(Cc1nc2ccccc2[nH]1)C1CCC(N(C)C)CC1. The summed E-state index contributed by atoms with van der Waals surface area (Å²) in [7, 11) is 4.45. The fourth-order valence-electron chi connectivity index (χ4n) is 5.78. The van der Waals surface area contributed by atoms with Gasteiger partial charge in [0.15, 0.2) is 0 Å². The standard InChI is InChI=1S/C26H39N5/c1-19-20(9-7-17-27)8-6-12-25(19)31(22-15-13-21(14-16-22)30(2)3)18-26-28-23-10-4-5-11-24(23)29-26/h4-5,7,9-11,17,19,21-22,25H,6,8,12-16,18,27H2,1-3H3,(H,28,29)/b17-7-,20-9-. The molecule has 0 bridgehead atoms. The molecule has 1 aromatic carbocycles. The van der Waals surface area contributed by atoms with Gasteiger partial charge in [-0.25, -0.2) is 4.98 Å². The van der Waals surface area contributed by atoms with Gasteiger partial charge >= 0.3 is 0 Å². The Morgan fingerprint density at radius 2 is 1.84 bits per heavy atom. The van der Waals surface area contributed by atoms with Crippen molar-refractivity contribution in [3.05, 3.63) is 54.0 Å². The summed E-state index contributed by atoms with van der Waals surface area (Å²) in [5.41, 5.74) is 9.37. The van der Waals surface area contributed by atoms with Crippen molar-refractivity contribution in [1.29, 1.82) is 0 Å². The smallest absolute Gasteiger partial charge is 0.121 e. The van der Waals surface area contributed by atoms with E-state index in [1.165, 1.54) is 50.5 Å². The topological polar surface area (TPSA) is 61.2 Å². The number of fused-ring (bicyclic) bond motifs is 1. The average molecular weight is 422 g/mol. The number of nitrogens with one attached hydrogen (secondary N) is 1. The number of aromatic nitrogens is 2. The Morgan fingerprint density at radius 3 is 2.55 bits per heavy atom. The van der Waals surface area contributed by atoms with Crippen molar-refractivity contribution >= 4 is 11.0 Å². The van der Waals surface area contributed by atoms with Crippen molar-refractivity contribution in [2.75, 3.05) is 14.1 Å². The van der Waals surface area contributed by atoms with Crippen molar-refractivity contribution in [3.8, 4) is 0 Å². The summed E-state index contributed by atoms with van der Waals surface area (Å²) in [5, 5.41) is 0. The summed E-state index contributed by atoms with van der Waals surface area (Å²) in [6.45, 7) is 3.32. The van der Waals surface area contributed by atoms with Gasteiger partial charge in [0, 0.05) is 18.1 Å². The molecule has 31 heavy (non-hydrogen) atoms. The van der Waals surface area contributed by atoms with Crippen molar-refractivity contribution in [2.24, 2.45) is 11.7 Å². The minimum absolute atomic E-state index is 0.543. The molecule has 2 aliphatic carbocycles. The van der Waals surface area contributed by atoms with Gasteiger partial charge in [-0.15, -0.1) is 0 Å². The minimum Gasteiger partial charge on any atom is -0.405 e. The van der Waals surface area contributed by atoms with E-state index >= 15 is 0 Å².